The van der Waals surface area contributed by atoms with Crippen LogP contribution in [0.25, 0.3) is 6.08 Å². The van der Waals surface area contributed by atoms with Crippen molar-refractivity contribution >= 4 is 57.8 Å². The number of hydrogen-bond acceptors (Lipinski definition) is 5. The molecule has 2 N–H and O–H groups in total. The number of thioether (sulfide) groups is 1. The smallest absolute Gasteiger partial charge is 0.335 e. The van der Waals surface area contributed by atoms with Crippen LogP contribution < -0.4 is 5.32 Å². The second kappa shape index (κ2) is 11.1. The van der Waals surface area contributed by atoms with Crippen molar-refractivity contribution in [1.29, 1.82) is 0 Å². The molecule has 1 aliphatic heterocycles. The van der Waals surface area contributed by atoms with Gasteiger partial charge < -0.3 is 10.4 Å². The quantitative estimate of drug-likeness (QED) is 0.303. The first kappa shape index (κ1) is 23.7. The molecule has 1 saturated heterocycles. The van der Waals surface area contributed by atoms with Gasteiger partial charge in [-0.1, -0.05) is 60.2 Å². The van der Waals surface area contributed by atoms with Crippen LogP contribution >= 0.6 is 24.0 Å². The van der Waals surface area contributed by atoms with Crippen LogP contribution in [-0.4, -0.2) is 38.7 Å². The molecule has 8 heteroatoms. The molecule has 0 atom stereocenters. The number of carbonyl (C=O) groups is 3. The third-order valence-corrected chi connectivity index (χ3v) is 6.33. The van der Waals surface area contributed by atoms with Crippen molar-refractivity contribution in [2.45, 2.75) is 32.6 Å². The first-order chi connectivity index (χ1) is 15.3. The Morgan fingerprint density at radius 2 is 1.75 bits per heavy atom. The van der Waals surface area contributed by atoms with Crippen LogP contribution in [0.4, 0.5) is 5.69 Å². The first-order valence-corrected chi connectivity index (χ1v) is 11.5. The van der Waals surface area contributed by atoms with Crippen molar-refractivity contribution in [3.05, 3.63) is 70.1 Å². The molecule has 1 aliphatic rings. The zero-order valence-corrected chi connectivity index (χ0v) is 19.3. The van der Waals surface area contributed by atoms with Gasteiger partial charge in [0.2, 0.25) is 5.91 Å². The van der Waals surface area contributed by atoms with Gasteiger partial charge in [-0.25, -0.2) is 4.79 Å². The Hall–Kier alpha value is -2.97. The van der Waals surface area contributed by atoms with E-state index < -0.39 is 5.97 Å². The number of aryl methyl sites for hydroxylation is 1. The van der Waals surface area contributed by atoms with Gasteiger partial charge in [0.15, 0.2) is 0 Å². The monoisotopic (exact) mass is 468 g/mol. The fourth-order valence-corrected chi connectivity index (χ4v) is 4.47. The van der Waals surface area contributed by atoms with Crippen LogP contribution in [0.5, 0.6) is 0 Å². The van der Waals surface area contributed by atoms with Gasteiger partial charge in [0, 0.05) is 18.7 Å². The minimum Gasteiger partial charge on any atom is -0.478 e. The molecule has 0 unspecified atom stereocenters. The number of unbranched alkanes of at least 4 members (excludes halogenated alkanes) is 2. The molecule has 0 aliphatic carbocycles. The number of carboxylic acids is 1. The fraction of sp³-hybridized carbons (Fsp3) is 0.250. The molecule has 1 fully saturated rings. The number of carbonyl (C=O) groups excluding carboxylic acids is 2. The van der Waals surface area contributed by atoms with E-state index in [-0.39, 0.29) is 17.4 Å². The highest BCUT2D eigenvalue weighted by atomic mass is 32.2. The standard InChI is InChI=1S/C24H24N2O4S2/c1-16-6-8-17(9-7-16)15-20-22(28)26(24(31)32-20)14-4-2-3-5-21(27)25-19-12-10-18(11-13-19)23(29)30/h6-13,15H,2-5,14H2,1H3,(H,25,27)(H,29,30). The maximum Gasteiger partial charge on any atom is 0.335 e. The Morgan fingerprint density at radius 1 is 1.06 bits per heavy atom. The van der Waals surface area contributed by atoms with Crippen LogP contribution in [0.1, 0.15) is 47.2 Å². The summed E-state index contributed by atoms with van der Waals surface area (Å²) in [6.07, 6.45) is 4.45. The first-order valence-electron chi connectivity index (χ1n) is 10.3. The van der Waals surface area contributed by atoms with E-state index in [1.807, 2.05) is 37.3 Å². The van der Waals surface area contributed by atoms with E-state index in [1.54, 1.807) is 17.0 Å². The highest BCUT2D eigenvalue weighted by molar-refractivity contribution is 8.26. The maximum atomic E-state index is 12.7. The zero-order valence-electron chi connectivity index (χ0n) is 17.7. The average Bonchev–Trinajstić information content (AvgIpc) is 3.02. The summed E-state index contributed by atoms with van der Waals surface area (Å²) >= 11 is 6.70. The summed E-state index contributed by atoms with van der Waals surface area (Å²) in [7, 11) is 0. The van der Waals surface area contributed by atoms with Gasteiger partial charge >= 0.3 is 5.97 Å². The molecule has 3 rings (SSSR count). The van der Waals surface area contributed by atoms with Gasteiger partial charge in [-0.15, -0.1) is 0 Å². The summed E-state index contributed by atoms with van der Waals surface area (Å²) < 4.78 is 0.566. The lowest BCUT2D eigenvalue weighted by Crippen LogP contribution is -2.29. The number of aromatic carboxylic acids is 1. The van der Waals surface area contributed by atoms with Gasteiger partial charge in [-0.05, 0) is 55.7 Å². The predicted octanol–water partition coefficient (Wildman–Crippen LogP) is 5.09. The third kappa shape index (κ3) is 6.51. The van der Waals surface area contributed by atoms with Crippen molar-refractivity contribution < 1.29 is 19.5 Å². The van der Waals surface area contributed by atoms with Gasteiger partial charge in [0.25, 0.3) is 5.91 Å². The SMILES string of the molecule is Cc1ccc(C=C2SC(=S)N(CCCCCC(=O)Nc3ccc(C(=O)O)cc3)C2=O)cc1. The predicted molar refractivity (Wildman–Crippen MR) is 132 cm³/mol. The van der Waals surface area contributed by atoms with Gasteiger partial charge in [-0.3, -0.25) is 14.5 Å². The number of carboxylic acid groups (broad SMARTS) is 1. The minimum absolute atomic E-state index is 0.0666. The van der Waals surface area contributed by atoms with E-state index in [0.29, 0.717) is 34.3 Å². The van der Waals surface area contributed by atoms with Crippen LogP contribution in [0.2, 0.25) is 0 Å². The molecule has 1 heterocycles. The summed E-state index contributed by atoms with van der Waals surface area (Å²) in [6, 6.07) is 14.0. The Bertz CT molecular complexity index is 1050. The Kier molecular flexibility index (Phi) is 8.19. The molecule has 0 spiro atoms. The lowest BCUT2D eigenvalue weighted by molar-refractivity contribution is -0.122. The Labute approximate surface area is 196 Å². The zero-order chi connectivity index (χ0) is 23.1. The van der Waals surface area contributed by atoms with Gasteiger partial charge in [0.05, 0.1) is 10.5 Å². The second-order valence-corrected chi connectivity index (χ2v) is 9.16. The number of anilines is 1. The lowest BCUT2D eigenvalue weighted by atomic mass is 10.1. The van der Waals surface area contributed by atoms with E-state index in [0.717, 1.165) is 18.4 Å². The molecular formula is C24H24N2O4S2. The summed E-state index contributed by atoms with van der Waals surface area (Å²) in [5.74, 6) is -1.20. The van der Waals surface area contributed by atoms with Crippen LogP contribution in [0.3, 0.4) is 0 Å². The van der Waals surface area contributed by atoms with Crippen LogP contribution in [0, 0.1) is 6.92 Å². The molecule has 6 nitrogen and oxygen atoms in total. The molecule has 0 radical (unpaired) electrons. The van der Waals surface area contributed by atoms with Crippen molar-refractivity contribution in [3.8, 4) is 0 Å². The van der Waals surface area contributed by atoms with Crippen molar-refractivity contribution in [2.75, 3.05) is 11.9 Å². The number of benzene rings is 2. The molecule has 0 saturated carbocycles. The summed E-state index contributed by atoms with van der Waals surface area (Å²) in [5, 5.41) is 11.7. The molecule has 166 valence electrons. The lowest BCUT2D eigenvalue weighted by Gasteiger charge is -2.14. The molecule has 32 heavy (non-hydrogen) atoms. The van der Waals surface area contributed by atoms with Crippen molar-refractivity contribution in [1.82, 2.24) is 4.90 Å². The number of thiocarbonyl (C=S) groups is 1. The molecule has 0 aromatic heterocycles. The van der Waals surface area contributed by atoms with Crippen LogP contribution in [-0.2, 0) is 9.59 Å². The summed E-state index contributed by atoms with van der Waals surface area (Å²) in [6.45, 7) is 2.56. The normalized spacial score (nSPS) is 14.8. The molecule has 0 bridgehead atoms. The number of amides is 2. The maximum absolute atomic E-state index is 12.7. The third-order valence-electron chi connectivity index (χ3n) is 4.95. The topological polar surface area (TPSA) is 86.7 Å². The number of nitrogens with zero attached hydrogens (tertiary/aromatic N) is 1. The van der Waals surface area contributed by atoms with Crippen LogP contribution in [0.15, 0.2) is 53.4 Å². The van der Waals surface area contributed by atoms with E-state index in [1.165, 1.54) is 29.5 Å². The fourth-order valence-electron chi connectivity index (χ4n) is 3.16. The number of nitrogens with one attached hydrogen (secondary N) is 1. The van der Waals surface area contributed by atoms with Crippen molar-refractivity contribution in [3.63, 3.8) is 0 Å². The van der Waals surface area contributed by atoms with E-state index >= 15 is 0 Å². The largest absolute Gasteiger partial charge is 0.478 e. The number of rotatable bonds is 9. The number of hydrogen-bond donors (Lipinski definition) is 2. The highest BCUT2D eigenvalue weighted by Gasteiger charge is 2.31. The van der Waals surface area contributed by atoms with E-state index in [2.05, 4.69) is 5.32 Å². The molecule has 2 aromatic rings. The molecule has 2 amide bonds. The summed E-state index contributed by atoms with van der Waals surface area (Å²) in [5.41, 5.74) is 2.88. The Balaban J connectivity index is 1.40. The van der Waals surface area contributed by atoms with E-state index in [4.69, 9.17) is 17.3 Å². The van der Waals surface area contributed by atoms with Crippen molar-refractivity contribution in [2.24, 2.45) is 0 Å². The highest BCUT2D eigenvalue weighted by Crippen LogP contribution is 2.32. The van der Waals surface area contributed by atoms with Gasteiger partial charge in [-0.2, -0.15) is 0 Å². The second-order valence-electron chi connectivity index (χ2n) is 7.49. The van der Waals surface area contributed by atoms with E-state index in [9.17, 15) is 14.4 Å². The molecule has 2 aromatic carbocycles. The Morgan fingerprint density at radius 3 is 2.41 bits per heavy atom. The van der Waals surface area contributed by atoms with Gasteiger partial charge in [0.1, 0.15) is 4.32 Å². The molecular weight excluding hydrogens is 444 g/mol. The minimum atomic E-state index is -1.00. The summed E-state index contributed by atoms with van der Waals surface area (Å²) in [4.78, 5) is 37.9. The average molecular weight is 469 g/mol.